The van der Waals surface area contributed by atoms with Crippen LogP contribution in [0.15, 0.2) is 66.9 Å². The predicted octanol–water partition coefficient (Wildman–Crippen LogP) is 4.48. The van der Waals surface area contributed by atoms with Crippen molar-refractivity contribution in [2.45, 2.75) is 6.92 Å². The maximum atomic E-state index is 12.6. The summed E-state index contributed by atoms with van der Waals surface area (Å²) in [5.41, 5.74) is 1.97. The van der Waals surface area contributed by atoms with E-state index in [-0.39, 0.29) is 5.91 Å². The van der Waals surface area contributed by atoms with E-state index in [1.54, 1.807) is 31.5 Å². The Balaban J connectivity index is 1.73. The lowest BCUT2D eigenvalue weighted by Crippen LogP contribution is -2.13. The highest BCUT2D eigenvalue weighted by atomic mass is 16.5. The number of carbonyl (C=O) groups is 1. The number of hydrogen-bond acceptors (Lipinski definition) is 5. The molecule has 0 saturated heterocycles. The predicted molar refractivity (Wildman–Crippen MR) is 106 cm³/mol. The van der Waals surface area contributed by atoms with Crippen LogP contribution < -0.4 is 20.1 Å². The zero-order valence-electron chi connectivity index (χ0n) is 15.2. The van der Waals surface area contributed by atoms with Gasteiger partial charge in [0, 0.05) is 17.4 Å². The van der Waals surface area contributed by atoms with E-state index < -0.39 is 0 Å². The summed E-state index contributed by atoms with van der Waals surface area (Å²) in [6, 6.07) is 18.2. The lowest BCUT2D eigenvalue weighted by molar-refractivity contribution is 0.102. The Kier molecular flexibility index (Phi) is 5.89. The first-order chi connectivity index (χ1) is 13.2. The summed E-state index contributed by atoms with van der Waals surface area (Å²) in [5.74, 6) is 1.75. The molecule has 0 aliphatic carbocycles. The van der Waals surface area contributed by atoms with Crippen LogP contribution in [0, 0.1) is 0 Å². The number of anilines is 3. The molecule has 0 aliphatic rings. The summed E-state index contributed by atoms with van der Waals surface area (Å²) in [6.07, 6.45) is 1.59. The molecule has 1 amide bonds. The fraction of sp³-hybridized carbons (Fsp3) is 0.143. The van der Waals surface area contributed by atoms with Crippen LogP contribution in [-0.4, -0.2) is 24.6 Å². The van der Waals surface area contributed by atoms with Crippen LogP contribution in [0.2, 0.25) is 0 Å². The monoisotopic (exact) mass is 363 g/mol. The summed E-state index contributed by atoms with van der Waals surface area (Å²) in [4.78, 5) is 16.9. The van der Waals surface area contributed by atoms with Gasteiger partial charge >= 0.3 is 0 Å². The van der Waals surface area contributed by atoms with Crippen molar-refractivity contribution >= 4 is 23.1 Å². The number of ether oxygens (including phenoxy) is 2. The Bertz CT molecular complexity index is 911. The number of para-hydroxylation sites is 2. The van der Waals surface area contributed by atoms with Crippen LogP contribution in [0.1, 0.15) is 17.3 Å². The number of carbonyl (C=O) groups excluding carboxylic acids is 1. The number of hydrogen-bond donors (Lipinski definition) is 2. The van der Waals surface area contributed by atoms with Gasteiger partial charge in [0.15, 0.2) is 0 Å². The van der Waals surface area contributed by atoms with E-state index in [0.29, 0.717) is 29.4 Å². The summed E-state index contributed by atoms with van der Waals surface area (Å²) in [7, 11) is 1.62. The number of rotatable bonds is 7. The Morgan fingerprint density at radius 1 is 1.07 bits per heavy atom. The van der Waals surface area contributed by atoms with Crippen LogP contribution in [0.3, 0.4) is 0 Å². The third-order valence-electron chi connectivity index (χ3n) is 3.82. The van der Waals surface area contributed by atoms with Crippen molar-refractivity contribution in [1.82, 2.24) is 4.98 Å². The molecule has 0 atom stereocenters. The number of amides is 1. The lowest BCUT2D eigenvalue weighted by atomic mass is 10.2. The Hall–Kier alpha value is -3.54. The maximum absolute atomic E-state index is 12.6. The zero-order chi connectivity index (χ0) is 19.1. The number of aromatic nitrogens is 1. The first-order valence-electron chi connectivity index (χ1n) is 8.60. The van der Waals surface area contributed by atoms with Gasteiger partial charge in [-0.2, -0.15) is 0 Å². The second-order valence-electron chi connectivity index (χ2n) is 5.67. The van der Waals surface area contributed by atoms with Gasteiger partial charge in [0.25, 0.3) is 5.91 Å². The number of nitrogens with one attached hydrogen (secondary N) is 2. The van der Waals surface area contributed by atoms with E-state index in [0.717, 1.165) is 11.4 Å². The molecule has 0 spiro atoms. The summed E-state index contributed by atoms with van der Waals surface area (Å²) in [5, 5.41) is 6.06. The summed E-state index contributed by atoms with van der Waals surface area (Å²) < 4.78 is 10.7. The molecule has 3 rings (SSSR count). The van der Waals surface area contributed by atoms with Crippen molar-refractivity contribution in [3.63, 3.8) is 0 Å². The number of benzene rings is 2. The van der Waals surface area contributed by atoms with Gasteiger partial charge in [-0.1, -0.05) is 12.1 Å². The molecule has 138 valence electrons. The average Bonchev–Trinajstić information content (AvgIpc) is 2.70. The van der Waals surface area contributed by atoms with Crippen molar-refractivity contribution in [1.29, 1.82) is 0 Å². The van der Waals surface area contributed by atoms with E-state index in [2.05, 4.69) is 15.6 Å². The van der Waals surface area contributed by atoms with Gasteiger partial charge in [0.2, 0.25) is 0 Å². The molecule has 0 radical (unpaired) electrons. The third-order valence-corrected chi connectivity index (χ3v) is 3.82. The Morgan fingerprint density at radius 3 is 2.59 bits per heavy atom. The van der Waals surface area contributed by atoms with Crippen LogP contribution in [0.4, 0.5) is 17.2 Å². The number of nitrogens with zero attached hydrogens (tertiary/aromatic N) is 1. The fourth-order valence-electron chi connectivity index (χ4n) is 2.51. The van der Waals surface area contributed by atoms with E-state index >= 15 is 0 Å². The van der Waals surface area contributed by atoms with E-state index in [1.807, 2.05) is 49.4 Å². The van der Waals surface area contributed by atoms with Crippen LogP contribution >= 0.6 is 0 Å². The smallest absolute Gasteiger partial charge is 0.255 e. The molecule has 1 aromatic heterocycles. The fourth-order valence-corrected chi connectivity index (χ4v) is 2.51. The Morgan fingerprint density at radius 2 is 1.85 bits per heavy atom. The Labute approximate surface area is 158 Å². The van der Waals surface area contributed by atoms with Gasteiger partial charge in [-0.15, -0.1) is 0 Å². The van der Waals surface area contributed by atoms with Gasteiger partial charge in [-0.3, -0.25) is 4.79 Å². The second kappa shape index (κ2) is 8.71. The molecule has 3 aromatic rings. The average molecular weight is 363 g/mol. The molecule has 0 bridgehead atoms. The molecule has 2 N–H and O–H groups in total. The maximum Gasteiger partial charge on any atom is 0.255 e. The molecule has 0 saturated carbocycles. The normalized spacial score (nSPS) is 10.1. The van der Waals surface area contributed by atoms with E-state index in [1.165, 1.54) is 0 Å². The second-order valence-corrected chi connectivity index (χ2v) is 5.67. The third kappa shape index (κ3) is 4.76. The van der Waals surface area contributed by atoms with Crippen molar-refractivity contribution in [2.75, 3.05) is 24.4 Å². The molecule has 6 heteroatoms. The van der Waals surface area contributed by atoms with Crippen molar-refractivity contribution in [3.8, 4) is 11.5 Å². The van der Waals surface area contributed by atoms with Crippen molar-refractivity contribution in [2.24, 2.45) is 0 Å². The van der Waals surface area contributed by atoms with Crippen molar-refractivity contribution < 1.29 is 14.3 Å². The largest absolute Gasteiger partial charge is 0.497 e. The van der Waals surface area contributed by atoms with E-state index in [9.17, 15) is 4.79 Å². The highest BCUT2D eigenvalue weighted by Gasteiger charge is 2.11. The number of pyridine rings is 1. The molecular weight excluding hydrogens is 342 g/mol. The zero-order valence-corrected chi connectivity index (χ0v) is 15.2. The molecule has 0 fully saturated rings. The van der Waals surface area contributed by atoms with Gasteiger partial charge < -0.3 is 20.1 Å². The van der Waals surface area contributed by atoms with Crippen LogP contribution in [0.25, 0.3) is 0 Å². The first kappa shape index (κ1) is 18.3. The minimum atomic E-state index is -0.234. The molecule has 0 unspecified atom stereocenters. The van der Waals surface area contributed by atoms with Gasteiger partial charge in [-0.05, 0) is 55.5 Å². The first-order valence-corrected chi connectivity index (χ1v) is 8.60. The quantitative estimate of drug-likeness (QED) is 0.647. The summed E-state index contributed by atoms with van der Waals surface area (Å²) in [6.45, 7) is 2.43. The molecule has 2 aromatic carbocycles. The molecule has 27 heavy (non-hydrogen) atoms. The SMILES string of the molecule is CCOc1ccccc1NC(=O)c1ccnc(Nc2ccc(OC)cc2)c1. The summed E-state index contributed by atoms with van der Waals surface area (Å²) >= 11 is 0. The highest BCUT2D eigenvalue weighted by Crippen LogP contribution is 2.25. The minimum Gasteiger partial charge on any atom is -0.497 e. The van der Waals surface area contributed by atoms with Gasteiger partial charge in [0.05, 0.1) is 19.4 Å². The molecule has 6 nitrogen and oxygen atoms in total. The van der Waals surface area contributed by atoms with Crippen molar-refractivity contribution in [3.05, 3.63) is 72.4 Å². The van der Waals surface area contributed by atoms with Crippen LogP contribution in [0.5, 0.6) is 11.5 Å². The molecule has 0 aliphatic heterocycles. The van der Waals surface area contributed by atoms with E-state index in [4.69, 9.17) is 9.47 Å². The van der Waals surface area contributed by atoms with Gasteiger partial charge in [0.1, 0.15) is 17.3 Å². The molecular formula is C21H21N3O3. The van der Waals surface area contributed by atoms with Crippen LogP contribution in [-0.2, 0) is 0 Å². The lowest BCUT2D eigenvalue weighted by Gasteiger charge is -2.12. The topological polar surface area (TPSA) is 72.5 Å². The minimum absolute atomic E-state index is 0.234. The number of methoxy groups -OCH3 is 1. The highest BCUT2D eigenvalue weighted by molar-refractivity contribution is 6.05. The van der Waals surface area contributed by atoms with Gasteiger partial charge in [-0.25, -0.2) is 4.98 Å². The molecule has 1 heterocycles. The standard InChI is InChI=1S/C21H21N3O3/c1-3-27-19-7-5-4-6-18(19)24-21(25)15-12-13-22-20(14-15)23-16-8-10-17(26-2)11-9-16/h4-14H,3H2,1-2H3,(H,22,23)(H,24,25).